The summed E-state index contributed by atoms with van der Waals surface area (Å²) in [5.74, 6) is -1.02. The quantitative estimate of drug-likeness (QED) is 0.657. The Balaban J connectivity index is 3.37. The van der Waals surface area contributed by atoms with Crippen LogP contribution in [0.25, 0.3) is 0 Å². The minimum absolute atomic E-state index is 0.0207. The van der Waals surface area contributed by atoms with Crippen LogP contribution in [0, 0.1) is 6.92 Å². The summed E-state index contributed by atoms with van der Waals surface area (Å²) < 4.78 is 0. The topological polar surface area (TPSA) is 83.6 Å². The van der Waals surface area contributed by atoms with Gasteiger partial charge in [-0.3, -0.25) is 0 Å². The van der Waals surface area contributed by atoms with Gasteiger partial charge in [-0.1, -0.05) is 6.08 Å². The molecule has 80 valence electrons. The van der Waals surface area contributed by atoms with E-state index in [1.807, 2.05) is 0 Å². The Labute approximate surface area is 87.7 Å². The number of aromatic carboxylic acids is 1. The smallest absolute Gasteiger partial charge is 0.335 e. The number of carboxylic acid groups (broad SMARTS) is 1. The fourth-order valence-electron chi connectivity index (χ4n) is 1.31. The minimum atomic E-state index is -1.05. The molecular formula is C11H13NO3. The molecule has 4 nitrogen and oxygen atoms in total. The van der Waals surface area contributed by atoms with E-state index in [4.69, 9.17) is 10.8 Å². The number of rotatable bonds is 3. The van der Waals surface area contributed by atoms with Gasteiger partial charge in [0.05, 0.1) is 11.6 Å². The monoisotopic (exact) mass is 207 g/mol. The molecule has 1 atom stereocenters. The second kappa shape index (κ2) is 4.14. The molecule has 0 unspecified atom stereocenters. The van der Waals surface area contributed by atoms with E-state index in [9.17, 15) is 9.90 Å². The second-order valence-electron chi connectivity index (χ2n) is 3.30. The lowest BCUT2D eigenvalue weighted by molar-refractivity contribution is 0.0696. The van der Waals surface area contributed by atoms with Crippen molar-refractivity contribution in [1.82, 2.24) is 0 Å². The molecule has 0 saturated heterocycles. The number of hydrogen-bond donors (Lipinski definition) is 3. The first-order valence-corrected chi connectivity index (χ1v) is 4.42. The number of hydrogen-bond acceptors (Lipinski definition) is 3. The van der Waals surface area contributed by atoms with E-state index in [-0.39, 0.29) is 11.3 Å². The maximum absolute atomic E-state index is 10.8. The zero-order chi connectivity index (χ0) is 11.6. The van der Waals surface area contributed by atoms with Gasteiger partial charge in [0.25, 0.3) is 0 Å². The fraction of sp³-hybridized carbons (Fsp3) is 0.182. The third kappa shape index (κ3) is 2.16. The minimum Gasteiger partial charge on any atom is -0.507 e. The average Bonchev–Trinajstić information content (AvgIpc) is 2.20. The number of phenols is 1. The molecule has 15 heavy (non-hydrogen) atoms. The van der Waals surface area contributed by atoms with E-state index in [1.165, 1.54) is 18.2 Å². The van der Waals surface area contributed by atoms with Crippen LogP contribution in [0.1, 0.15) is 27.5 Å². The lowest BCUT2D eigenvalue weighted by atomic mass is 9.99. The number of aryl methyl sites for hydroxylation is 1. The highest BCUT2D eigenvalue weighted by atomic mass is 16.4. The van der Waals surface area contributed by atoms with Gasteiger partial charge < -0.3 is 15.9 Å². The van der Waals surface area contributed by atoms with Crippen LogP contribution < -0.4 is 5.73 Å². The van der Waals surface area contributed by atoms with Crippen LogP contribution in [0.3, 0.4) is 0 Å². The highest BCUT2D eigenvalue weighted by molar-refractivity contribution is 5.88. The normalized spacial score (nSPS) is 12.1. The summed E-state index contributed by atoms with van der Waals surface area (Å²) in [5, 5.41) is 18.5. The first kappa shape index (κ1) is 11.3. The summed E-state index contributed by atoms with van der Waals surface area (Å²) in [6.07, 6.45) is 1.44. The summed E-state index contributed by atoms with van der Waals surface area (Å²) in [4.78, 5) is 10.8. The van der Waals surface area contributed by atoms with Gasteiger partial charge in [-0.2, -0.15) is 0 Å². The predicted octanol–water partition coefficient (Wildman–Crippen LogP) is 1.58. The predicted molar refractivity (Wildman–Crippen MR) is 56.9 cm³/mol. The zero-order valence-electron chi connectivity index (χ0n) is 8.40. The summed E-state index contributed by atoms with van der Waals surface area (Å²) in [6.45, 7) is 5.12. The lowest BCUT2D eigenvalue weighted by Gasteiger charge is -2.12. The number of carboxylic acids is 1. The molecule has 0 heterocycles. The van der Waals surface area contributed by atoms with Gasteiger partial charge in [0, 0.05) is 5.56 Å². The first-order valence-electron chi connectivity index (χ1n) is 4.42. The van der Waals surface area contributed by atoms with E-state index >= 15 is 0 Å². The molecule has 0 spiro atoms. The number of nitrogens with two attached hydrogens (primary N) is 1. The largest absolute Gasteiger partial charge is 0.507 e. The number of aromatic hydroxyl groups is 1. The van der Waals surface area contributed by atoms with Gasteiger partial charge in [-0.15, -0.1) is 6.58 Å². The van der Waals surface area contributed by atoms with Crippen LogP contribution in [-0.2, 0) is 0 Å². The van der Waals surface area contributed by atoms with E-state index in [0.29, 0.717) is 11.1 Å². The van der Waals surface area contributed by atoms with E-state index < -0.39 is 12.0 Å². The van der Waals surface area contributed by atoms with Gasteiger partial charge in [0.1, 0.15) is 5.75 Å². The van der Waals surface area contributed by atoms with E-state index in [0.717, 1.165) is 0 Å². The maximum Gasteiger partial charge on any atom is 0.335 e. The Morgan fingerprint density at radius 1 is 1.60 bits per heavy atom. The number of benzene rings is 1. The molecule has 4 N–H and O–H groups in total. The maximum atomic E-state index is 10.8. The molecule has 0 aliphatic heterocycles. The molecular weight excluding hydrogens is 194 g/mol. The van der Waals surface area contributed by atoms with Gasteiger partial charge in [-0.05, 0) is 24.6 Å². The van der Waals surface area contributed by atoms with Crippen molar-refractivity contribution in [3.8, 4) is 5.75 Å². The van der Waals surface area contributed by atoms with Crippen molar-refractivity contribution in [2.24, 2.45) is 5.73 Å². The molecule has 0 aromatic heterocycles. The molecule has 1 aromatic carbocycles. The van der Waals surface area contributed by atoms with Gasteiger partial charge in [0.2, 0.25) is 0 Å². The van der Waals surface area contributed by atoms with Crippen LogP contribution in [0.4, 0.5) is 0 Å². The Morgan fingerprint density at radius 3 is 2.67 bits per heavy atom. The zero-order valence-corrected chi connectivity index (χ0v) is 8.40. The summed E-state index contributed by atoms with van der Waals surface area (Å²) in [5.41, 5.74) is 6.64. The summed E-state index contributed by atoms with van der Waals surface area (Å²) in [6, 6.07) is 2.19. The van der Waals surface area contributed by atoms with Crippen molar-refractivity contribution in [3.63, 3.8) is 0 Å². The molecule has 0 aliphatic carbocycles. The van der Waals surface area contributed by atoms with Crippen LogP contribution >= 0.6 is 0 Å². The van der Waals surface area contributed by atoms with E-state index in [2.05, 4.69) is 6.58 Å². The van der Waals surface area contributed by atoms with Crippen LogP contribution in [0.15, 0.2) is 24.8 Å². The number of phenolic OH excluding ortho intramolecular Hbond substituents is 1. The molecule has 0 aliphatic rings. The third-order valence-electron chi connectivity index (χ3n) is 2.19. The molecule has 0 bridgehead atoms. The average molecular weight is 207 g/mol. The highest BCUT2D eigenvalue weighted by Gasteiger charge is 2.14. The van der Waals surface area contributed by atoms with Crippen molar-refractivity contribution in [2.75, 3.05) is 0 Å². The van der Waals surface area contributed by atoms with Crippen LogP contribution in [-0.4, -0.2) is 16.2 Å². The van der Waals surface area contributed by atoms with Crippen LogP contribution in [0.2, 0.25) is 0 Å². The summed E-state index contributed by atoms with van der Waals surface area (Å²) in [7, 11) is 0. The Morgan fingerprint density at radius 2 is 2.20 bits per heavy atom. The molecule has 0 radical (unpaired) electrons. The Bertz CT molecular complexity index is 413. The molecule has 1 aromatic rings. The molecule has 0 amide bonds. The standard InChI is InChI=1S/C11H13NO3/c1-3-9(12)8-5-7(11(14)15)4-6(2)10(8)13/h3-5,9,13H,1,12H2,2H3,(H,14,15)/t9-/m1/s1. The fourth-order valence-corrected chi connectivity index (χ4v) is 1.31. The SMILES string of the molecule is C=C[C@@H](N)c1cc(C(=O)O)cc(C)c1O. The molecule has 0 fully saturated rings. The molecule has 0 saturated carbocycles. The van der Waals surface area contributed by atoms with Crippen molar-refractivity contribution >= 4 is 5.97 Å². The van der Waals surface area contributed by atoms with Crippen LogP contribution in [0.5, 0.6) is 5.75 Å². The van der Waals surface area contributed by atoms with Gasteiger partial charge >= 0.3 is 5.97 Å². The number of carbonyl (C=O) groups is 1. The Kier molecular flexibility index (Phi) is 3.11. The van der Waals surface area contributed by atoms with Gasteiger partial charge in [0.15, 0.2) is 0 Å². The highest BCUT2D eigenvalue weighted by Crippen LogP contribution is 2.28. The van der Waals surface area contributed by atoms with Crippen molar-refractivity contribution in [1.29, 1.82) is 0 Å². The van der Waals surface area contributed by atoms with Gasteiger partial charge in [-0.25, -0.2) is 4.79 Å². The lowest BCUT2D eigenvalue weighted by Crippen LogP contribution is -2.09. The molecule has 4 heteroatoms. The Hall–Kier alpha value is -1.81. The summed E-state index contributed by atoms with van der Waals surface area (Å²) >= 11 is 0. The van der Waals surface area contributed by atoms with Crippen molar-refractivity contribution in [2.45, 2.75) is 13.0 Å². The second-order valence-corrected chi connectivity index (χ2v) is 3.30. The van der Waals surface area contributed by atoms with Crippen molar-refractivity contribution < 1.29 is 15.0 Å². The first-order chi connectivity index (χ1) is 6.97. The third-order valence-corrected chi connectivity index (χ3v) is 2.19. The van der Waals surface area contributed by atoms with E-state index in [1.54, 1.807) is 6.92 Å². The molecule has 1 rings (SSSR count). The van der Waals surface area contributed by atoms with Crippen molar-refractivity contribution in [3.05, 3.63) is 41.5 Å².